The molecule has 0 aliphatic rings. The zero-order chi connectivity index (χ0) is 7.33. The standard InChI is InChI=1S/4CN.Au.H3N/c4*1-2;;/h;;;;;1H3/q;;;;-1;/p+1. The van der Waals surface area contributed by atoms with Crippen molar-refractivity contribution < 1.29 is 17.1 Å². The number of hydrogen-bond acceptors (Lipinski definition) is 4. The van der Waals surface area contributed by atoms with E-state index in [9.17, 15) is 0 Å². The fourth-order valence-electron chi connectivity index (χ4n) is 0.0905. The minimum absolute atomic E-state index is 0. The molecule has 0 bridgehead atoms. The van der Waals surface area contributed by atoms with Gasteiger partial charge in [0.15, 0.2) is 0 Å². The van der Waals surface area contributed by atoms with Crippen LogP contribution in [0.1, 0.15) is 0 Å². The van der Waals surface area contributed by atoms with E-state index in [1.54, 1.807) is 0 Å². The van der Waals surface area contributed by atoms with Gasteiger partial charge in [0.1, 0.15) is 0 Å². The SMILES string of the molecule is N#[C][Au-]([C]#N)([C]#N)[C]#N.[NH4+]. The molecule has 0 unspecified atom stereocenters. The van der Waals surface area contributed by atoms with E-state index < -0.39 is 17.1 Å². The van der Waals surface area contributed by atoms with Gasteiger partial charge in [0.05, 0.1) is 0 Å². The number of quaternary nitrogens is 1. The van der Waals surface area contributed by atoms with E-state index in [2.05, 4.69) is 0 Å². The average Bonchev–Trinajstić information content (AvgIpc) is 1.95. The molecule has 0 fully saturated rings. The monoisotopic (exact) mass is 319 g/mol. The smallest absolute Gasteiger partial charge is 0.369 e. The first-order valence-corrected chi connectivity index (χ1v) is 5.83. The van der Waals surface area contributed by atoms with Gasteiger partial charge in [-0.1, -0.05) is 0 Å². The van der Waals surface area contributed by atoms with Gasteiger partial charge in [-0.15, -0.1) is 0 Å². The molecule has 0 saturated carbocycles. The Hall–Kier alpha value is -1.34. The molecule has 0 amide bonds. The van der Waals surface area contributed by atoms with Crippen LogP contribution in [0, 0.1) is 38.2 Å². The molecular weight excluding hydrogens is 315 g/mol. The van der Waals surface area contributed by atoms with Crippen LogP contribution in [0.25, 0.3) is 0 Å². The number of hydrogen-bond donors (Lipinski definition) is 1. The summed E-state index contributed by atoms with van der Waals surface area (Å²) in [7, 11) is 0. The second-order valence-electron chi connectivity index (χ2n) is 0.722. The molecule has 5 nitrogen and oxygen atoms in total. The Balaban J connectivity index is 0. The first kappa shape index (κ1) is 11.5. The molecule has 4 N–H and O–H groups in total. The van der Waals surface area contributed by atoms with Crippen molar-refractivity contribution in [3.63, 3.8) is 0 Å². The van der Waals surface area contributed by atoms with Crippen LogP contribution in [0.4, 0.5) is 0 Å². The van der Waals surface area contributed by atoms with Crippen LogP contribution in [-0.4, -0.2) is 0 Å². The Morgan fingerprint density at radius 2 is 0.900 bits per heavy atom. The van der Waals surface area contributed by atoms with Crippen molar-refractivity contribution in [2.24, 2.45) is 0 Å². The first-order valence-electron chi connectivity index (χ1n) is 1.50. The normalized spacial score (nSPS) is 8.40. The second-order valence-corrected chi connectivity index (χ2v) is 5.91. The molecule has 0 aliphatic carbocycles. The van der Waals surface area contributed by atoms with Crippen LogP contribution in [-0.2, 0) is 17.1 Å². The third-order valence-electron chi connectivity index (χ3n) is 0.405. The van der Waals surface area contributed by atoms with E-state index in [1.807, 2.05) is 0 Å². The van der Waals surface area contributed by atoms with E-state index in [0.717, 1.165) is 0 Å². The van der Waals surface area contributed by atoms with Crippen molar-refractivity contribution in [3.05, 3.63) is 0 Å². The van der Waals surface area contributed by atoms with Crippen molar-refractivity contribution in [2.45, 2.75) is 0 Å². The number of nitriles is 4. The maximum Gasteiger partial charge on any atom is -0.369 e. The summed E-state index contributed by atoms with van der Waals surface area (Å²) in [6, 6.07) is 0. The van der Waals surface area contributed by atoms with Gasteiger partial charge < -0.3 is 6.15 Å². The predicted molar refractivity (Wildman–Crippen MR) is 28.4 cm³/mol. The maximum atomic E-state index is 8.14. The van der Waals surface area contributed by atoms with Crippen molar-refractivity contribution in [3.8, 4) is 17.1 Å². The molecule has 6 heteroatoms. The van der Waals surface area contributed by atoms with Gasteiger partial charge in [-0.25, -0.2) is 0 Å². The minimum atomic E-state index is -3.81. The van der Waals surface area contributed by atoms with Crippen LogP contribution >= 0.6 is 0 Å². The van der Waals surface area contributed by atoms with E-state index in [4.69, 9.17) is 21.0 Å². The third kappa shape index (κ3) is 1.88. The predicted octanol–water partition coefficient (Wildman–Crippen LogP) is 0.441. The summed E-state index contributed by atoms with van der Waals surface area (Å²) in [6.07, 6.45) is 0. The summed E-state index contributed by atoms with van der Waals surface area (Å²) in [5.41, 5.74) is 0. The van der Waals surface area contributed by atoms with Gasteiger partial charge in [-0.05, 0) is 0 Å². The van der Waals surface area contributed by atoms with Crippen molar-refractivity contribution in [1.29, 1.82) is 21.0 Å². The quantitative estimate of drug-likeness (QED) is 0.649. The summed E-state index contributed by atoms with van der Waals surface area (Å²) >= 11 is -3.81. The Bertz CT molecular complexity index is 206. The molecule has 0 aliphatic heterocycles. The average molecular weight is 319 g/mol. The van der Waals surface area contributed by atoms with Crippen LogP contribution in [0.15, 0.2) is 0 Å². The summed E-state index contributed by atoms with van der Waals surface area (Å²) in [4.78, 5) is 0. The zero-order valence-corrected chi connectivity index (χ0v) is 7.26. The third-order valence-corrected chi connectivity index (χ3v) is 3.31. The van der Waals surface area contributed by atoms with Gasteiger partial charge in [-0.2, -0.15) is 0 Å². The van der Waals surface area contributed by atoms with Crippen LogP contribution in [0.2, 0.25) is 0 Å². The van der Waals surface area contributed by atoms with Gasteiger partial charge in [0.2, 0.25) is 0 Å². The maximum absolute atomic E-state index is 8.14. The fourth-order valence-corrected chi connectivity index (χ4v) is 0.740. The van der Waals surface area contributed by atoms with Crippen molar-refractivity contribution in [2.75, 3.05) is 0 Å². The molecule has 0 aromatic heterocycles. The molecule has 0 aromatic rings. The molecule has 56 valence electrons. The van der Waals surface area contributed by atoms with Crippen molar-refractivity contribution >= 4 is 0 Å². The van der Waals surface area contributed by atoms with Crippen LogP contribution in [0.5, 0.6) is 0 Å². The fraction of sp³-hybridized carbons (Fsp3) is 0. The Labute approximate surface area is 61.8 Å². The Kier molecular flexibility index (Phi) is 5.19. The molecule has 0 heterocycles. The van der Waals surface area contributed by atoms with Crippen LogP contribution < -0.4 is 6.15 Å². The number of rotatable bonds is 0. The summed E-state index contributed by atoms with van der Waals surface area (Å²) < 4.78 is 5.82. The van der Waals surface area contributed by atoms with E-state index in [-0.39, 0.29) is 6.15 Å². The summed E-state index contributed by atoms with van der Waals surface area (Å²) in [5.74, 6) is 0. The summed E-state index contributed by atoms with van der Waals surface area (Å²) in [5, 5.41) is 32.5. The van der Waals surface area contributed by atoms with E-state index in [0.29, 0.717) is 0 Å². The Morgan fingerprint density at radius 3 is 0.900 bits per heavy atom. The van der Waals surface area contributed by atoms with E-state index in [1.165, 1.54) is 17.1 Å². The number of nitrogens with zero attached hydrogens (tertiary/aromatic N) is 4. The first-order chi connectivity index (χ1) is 4.24. The minimum Gasteiger partial charge on any atom is -0.369 e. The molecular formula is C4H4AuN5. The topological polar surface area (TPSA) is 132 Å². The molecule has 0 saturated heterocycles. The molecule has 0 spiro atoms. The largest absolute Gasteiger partial charge is 0.369 e. The van der Waals surface area contributed by atoms with Gasteiger partial charge in [-0.3, -0.25) is 0 Å². The van der Waals surface area contributed by atoms with E-state index >= 15 is 0 Å². The van der Waals surface area contributed by atoms with Crippen LogP contribution in [0.3, 0.4) is 0 Å². The molecule has 0 atom stereocenters. The van der Waals surface area contributed by atoms with Gasteiger partial charge in [0.25, 0.3) is 0 Å². The van der Waals surface area contributed by atoms with Crippen molar-refractivity contribution in [1.82, 2.24) is 6.15 Å². The molecule has 0 aromatic carbocycles. The molecule has 0 rings (SSSR count). The van der Waals surface area contributed by atoms with Gasteiger partial charge in [0, 0.05) is 0 Å². The van der Waals surface area contributed by atoms with Gasteiger partial charge >= 0.3 is 55.3 Å². The summed E-state index contributed by atoms with van der Waals surface area (Å²) in [6.45, 7) is 0. The molecule has 10 heavy (non-hydrogen) atoms. The molecule has 0 radical (unpaired) electrons. The second kappa shape index (κ2) is 4.53. The zero-order valence-electron chi connectivity index (χ0n) is 5.09. The Morgan fingerprint density at radius 1 is 0.700 bits per heavy atom.